The Kier molecular flexibility index (Phi) is 9.01. The molecule has 0 spiro atoms. The summed E-state index contributed by atoms with van der Waals surface area (Å²) >= 11 is 0. The van der Waals surface area contributed by atoms with Gasteiger partial charge in [0.05, 0.1) is 25.6 Å². The van der Waals surface area contributed by atoms with Gasteiger partial charge in [-0.1, -0.05) is 6.08 Å². The van der Waals surface area contributed by atoms with Crippen LogP contribution in [0.1, 0.15) is 12.6 Å². The van der Waals surface area contributed by atoms with E-state index in [1.807, 2.05) is 0 Å². The van der Waals surface area contributed by atoms with Crippen LogP contribution in [0.3, 0.4) is 0 Å². The molecule has 0 bridgehead atoms. The Bertz CT molecular complexity index is 1290. The molecule has 19 nitrogen and oxygen atoms in total. The normalized spacial score (nSPS) is 23.9. The van der Waals surface area contributed by atoms with Crippen molar-refractivity contribution < 1.29 is 60.6 Å². The number of nitrogen functional groups attached to an aromatic ring is 1. The fraction of sp³-hybridized carbons (Fsp3) is 0.500. The number of rotatable bonds is 13. The predicted octanol–water partition coefficient (Wildman–Crippen LogP) is -0.122. The molecule has 1 fully saturated rings. The summed E-state index contributed by atoms with van der Waals surface area (Å²) < 4.78 is 64.3. The molecule has 3 heterocycles. The van der Waals surface area contributed by atoms with Gasteiger partial charge in [-0.25, -0.2) is 18.7 Å². The molecule has 1 saturated heterocycles. The van der Waals surface area contributed by atoms with Gasteiger partial charge in [-0.3, -0.25) is 18.9 Å². The minimum atomic E-state index is -5.69. The maximum atomic E-state index is 12.1. The highest BCUT2D eigenvalue weighted by Gasteiger charge is 2.43. The van der Waals surface area contributed by atoms with Crippen LogP contribution in [0.5, 0.6) is 0 Å². The maximum Gasteiger partial charge on any atom is 0.490 e. The van der Waals surface area contributed by atoms with Crippen LogP contribution < -0.4 is 11.3 Å². The Balaban J connectivity index is 1.75. The second-order valence-electron chi connectivity index (χ2n) is 7.01. The van der Waals surface area contributed by atoms with E-state index in [0.717, 1.165) is 0 Å². The van der Waals surface area contributed by atoms with Crippen LogP contribution in [-0.4, -0.2) is 71.3 Å². The Morgan fingerprint density at radius 3 is 2.64 bits per heavy atom. The Hall–Kier alpha value is -1.82. The molecule has 2 aromatic rings. The zero-order valence-corrected chi connectivity index (χ0v) is 20.7. The lowest BCUT2D eigenvalue weighted by Crippen LogP contribution is -2.29. The molecular weight excluding hydrogens is 555 g/mol. The van der Waals surface area contributed by atoms with Gasteiger partial charge in [0.1, 0.15) is 19.1 Å². The SMILES string of the molecule is C=CCOCOC1C[C@H](n2cnc3c(=O)[nH]c(N)nc32)O[C@@H]1COP(=O)(O)OP(=O)(O)OP(=O)(O)O. The van der Waals surface area contributed by atoms with E-state index in [1.165, 1.54) is 17.0 Å². The summed E-state index contributed by atoms with van der Waals surface area (Å²) in [6.07, 6.45) is -0.0695. The number of imidazole rings is 1. The quantitative estimate of drug-likeness (QED) is 0.0783. The van der Waals surface area contributed by atoms with Crippen LogP contribution in [-0.2, 0) is 41.1 Å². The van der Waals surface area contributed by atoms with Crippen molar-refractivity contribution in [2.45, 2.75) is 24.9 Å². The second-order valence-corrected chi connectivity index (χ2v) is 11.4. The van der Waals surface area contributed by atoms with Gasteiger partial charge in [-0.2, -0.15) is 13.6 Å². The van der Waals surface area contributed by atoms with Gasteiger partial charge < -0.3 is 39.5 Å². The molecule has 2 aromatic heterocycles. The summed E-state index contributed by atoms with van der Waals surface area (Å²) in [4.78, 5) is 58.5. The van der Waals surface area contributed by atoms with Crippen molar-refractivity contribution in [3.05, 3.63) is 29.3 Å². The zero-order chi connectivity index (χ0) is 26.7. The first kappa shape index (κ1) is 28.7. The van der Waals surface area contributed by atoms with E-state index in [2.05, 4.69) is 34.7 Å². The summed E-state index contributed by atoms with van der Waals surface area (Å²) in [6.45, 7) is 2.63. The summed E-state index contributed by atoms with van der Waals surface area (Å²) in [6, 6.07) is 0. The molecule has 0 amide bonds. The first-order valence-corrected chi connectivity index (χ1v) is 14.2. The monoisotopic (exact) mass is 577 g/mol. The molecule has 1 aliphatic heterocycles. The zero-order valence-electron chi connectivity index (χ0n) is 18.1. The Labute approximate surface area is 201 Å². The number of phosphoric acid groups is 3. The molecule has 0 saturated carbocycles. The van der Waals surface area contributed by atoms with Crippen LogP contribution >= 0.6 is 23.5 Å². The number of nitrogens with one attached hydrogen (secondary N) is 1. The summed E-state index contributed by atoms with van der Waals surface area (Å²) in [5.74, 6) is -0.179. The topological polar surface area (TPSA) is 277 Å². The molecular formula is C14H22N5O14P3. The van der Waals surface area contributed by atoms with E-state index in [4.69, 9.17) is 29.7 Å². The number of nitrogens with zero attached hydrogens (tertiary/aromatic N) is 3. The van der Waals surface area contributed by atoms with Gasteiger partial charge in [0.15, 0.2) is 11.2 Å². The highest BCUT2D eigenvalue weighted by atomic mass is 31.3. The molecule has 0 aliphatic carbocycles. The van der Waals surface area contributed by atoms with E-state index in [9.17, 15) is 28.3 Å². The number of hydrogen-bond acceptors (Lipinski definition) is 13. The van der Waals surface area contributed by atoms with Gasteiger partial charge in [0, 0.05) is 6.42 Å². The number of aromatic nitrogens is 4. The highest BCUT2D eigenvalue weighted by Crippen LogP contribution is 2.66. The number of H-pyrrole nitrogens is 1. The number of ether oxygens (including phenoxy) is 3. The fourth-order valence-corrected chi connectivity index (χ4v) is 6.12. The fourth-order valence-electron chi connectivity index (χ4n) is 3.09. The van der Waals surface area contributed by atoms with E-state index < -0.39 is 54.1 Å². The van der Waals surface area contributed by atoms with Crippen LogP contribution in [0.25, 0.3) is 11.2 Å². The van der Waals surface area contributed by atoms with Crippen molar-refractivity contribution in [1.82, 2.24) is 19.5 Å². The minimum absolute atomic E-state index is 0.0312. The van der Waals surface area contributed by atoms with Crippen molar-refractivity contribution >= 4 is 40.6 Å². The van der Waals surface area contributed by atoms with Gasteiger partial charge in [0.25, 0.3) is 5.56 Å². The average Bonchev–Trinajstić information content (AvgIpc) is 3.31. The van der Waals surface area contributed by atoms with Crippen molar-refractivity contribution in [3.63, 3.8) is 0 Å². The number of phosphoric ester groups is 1. The number of fused-ring (bicyclic) bond motifs is 1. The lowest BCUT2D eigenvalue weighted by atomic mass is 10.2. The van der Waals surface area contributed by atoms with Gasteiger partial charge >= 0.3 is 23.5 Å². The van der Waals surface area contributed by atoms with Gasteiger partial charge in [0.2, 0.25) is 5.95 Å². The van der Waals surface area contributed by atoms with Crippen LogP contribution in [0.2, 0.25) is 0 Å². The van der Waals surface area contributed by atoms with E-state index in [-0.39, 0.29) is 36.9 Å². The smallest absolute Gasteiger partial charge is 0.369 e. The predicted molar refractivity (Wildman–Crippen MR) is 117 cm³/mol. The maximum absolute atomic E-state index is 12.1. The number of anilines is 1. The highest BCUT2D eigenvalue weighted by molar-refractivity contribution is 7.66. The summed E-state index contributed by atoms with van der Waals surface area (Å²) in [5.41, 5.74) is 5.05. The van der Waals surface area contributed by atoms with Crippen molar-refractivity contribution in [1.29, 1.82) is 0 Å². The van der Waals surface area contributed by atoms with Crippen molar-refractivity contribution in [3.8, 4) is 0 Å². The first-order valence-electron chi connectivity index (χ1n) is 9.66. The Morgan fingerprint density at radius 2 is 1.97 bits per heavy atom. The third kappa shape index (κ3) is 7.84. The Morgan fingerprint density at radius 1 is 1.25 bits per heavy atom. The van der Waals surface area contributed by atoms with Crippen molar-refractivity contribution in [2.24, 2.45) is 0 Å². The molecule has 3 rings (SSSR count). The second kappa shape index (κ2) is 11.3. The molecule has 0 aromatic carbocycles. The average molecular weight is 577 g/mol. The number of nitrogens with two attached hydrogens (primary N) is 1. The third-order valence-electron chi connectivity index (χ3n) is 4.36. The van der Waals surface area contributed by atoms with Gasteiger partial charge in [-0.05, 0) is 0 Å². The van der Waals surface area contributed by atoms with Crippen LogP contribution in [0, 0.1) is 0 Å². The van der Waals surface area contributed by atoms with Crippen LogP contribution in [0.4, 0.5) is 5.95 Å². The third-order valence-corrected chi connectivity index (χ3v) is 8.16. The minimum Gasteiger partial charge on any atom is -0.369 e. The number of aromatic amines is 1. The first-order chi connectivity index (χ1) is 16.7. The largest absolute Gasteiger partial charge is 0.490 e. The molecule has 3 unspecified atom stereocenters. The van der Waals surface area contributed by atoms with E-state index in [1.54, 1.807) is 0 Å². The van der Waals surface area contributed by atoms with Crippen molar-refractivity contribution in [2.75, 3.05) is 25.7 Å². The molecule has 22 heteroatoms. The van der Waals surface area contributed by atoms with E-state index >= 15 is 0 Å². The van der Waals surface area contributed by atoms with Crippen LogP contribution in [0.15, 0.2) is 23.8 Å². The summed E-state index contributed by atoms with van der Waals surface area (Å²) in [5, 5.41) is 0. The lowest BCUT2D eigenvalue weighted by Gasteiger charge is -2.21. The molecule has 0 radical (unpaired) electrons. The summed E-state index contributed by atoms with van der Waals surface area (Å²) in [7, 11) is -16.6. The molecule has 5 atom stereocenters. The molecule has 1 aliphatic rings. The van der Waals surface area contributed by atoms with Gasteiger partial charge in [-0.15, -0.1) is 6.58 Å². The molecule has 202 valence electrons. The van der Waals surface area contributed by atoms with E-state index in [0.29, 0.717) is 0 Å². The molecule has 7 N–H and O–H groups in total. The number of hydrogen-bond donors (Lipinski definition) is 6. The molecule has 36 heavy (non-hydrogen) atoms. The standard InChI is InChI=1S/C14H22N5O14P3/c1-2-3-28-7-29-8-4-10(19-6-16-11-12(19)17-14(15)18-13(11)20)31-9(8)5-30-35(24,25)33-36(26,27)32-34(21,22)23/h2,6,8-10H,1,3-5,7H2,(H,24,25)(H,26,27)(H2,21,22,23)(H3,15,17,18,20)/t8?,9-,10-/m1/s1. The lowest BCUT2D eigenvalue weighted by molar-refractivity contribution is -0.112.